The topological polar surface area (TPSA) is 102 Å². The smallest absolute Gasteiger partial charge is 0.537 e. The number of furan rings is 4. The van der Waals surface area contributed by atoms with E-state index in [9.17, 15) is 0 Å². The Morgan fingerprint density at radius 2 is 0.648 bits per heavy atom. The average Bonchev–Trinajstić information content (AvgIpc) is 1.55. The number of fused-ring (bicyclic) bond motifs is 26. The lowest BCUT2D eigenvalue weighted by atomic mass is 9.97. The maximum absolute atomic E-state index is 8.71. The Morgan fingerprint density at radius 3 is 1.19 bits per heavy atom. The Kier molecular flexibility index (Phi) is 13.9. The van der Waals surface area contributed by atoms with Gasteiger partial charge in [0.25, 0.3) is 0 Å². The Hall–Kier alpha value is -13.8. The lowest BCUT2D eigenvalue weighted by molar-refractivity contribution is 0.456. The molecule has 507 valence electrons. The molecule has 8 aromatic heterocycles. The summed E-state index contributed by atoms with van der Waals surface area (Å²) < 4.78 is 40.6. The molecule has 0 aliphatic rings. The number of hydrogen-bond acceptors (Lipinski definition) is 6. The first kappa shape index (κ1) is 61.7. The van der Waals surface area contributed by atoms with E-state index in [0.717, 1.165) is 126 Å². The minimum absolute atomic E-state index is 0.588. The van der Waals surface area contributed by atoms with Gasteiger partial charge in [-0.3, -0.25) is 0 Å². The highest BCUT2D eigenvalue weighted by molar-refractivity contribution is 9.10. The standard InChI is InChI=1S/C48H28N2O2.C36H21BrN2O.C12H8BO3/c1-2-12-29(13-3-1)49-40-21-8-5-15-36(40)46-41(49)26-25-33-31-14-4-7-20-39(31)50(47(33)46)30-24-27-43-38(28-30)35-19-10-18-34(48(35)52-43)32-17-11-23-44-45(32)37-16-6-9-22-42(37)51-44;37-29-14-8-13-26-28-21-23(17-20-33(28)40-36(26)29)39-30-15-6-4-11-24(30)25-18-19-32-34(35(25)39)27-12-5-7-16-31(27)38(32)22-9-2-1-3-10-22;14-13-16-11-7-3-6-10-12(11)8-4-1-2-5-9(8)15-10/h1-28H;1-21H;1-7,14H. The highest BCUT2D eigenvalue weighted by atomic mass is 79.9. The van der Waals surface area contributed by atoms with Crippen molar-refractivity contribution in [2.75, 3.05) is 0 Å². The van der Waals surface area contributed by atoms with Crippen LogP contribution in [-0.4, -0.2) is 31.0 Å². The molecule has 0 unspecified atom stereocenters. The molecule has 10 nitrogen and oxygen atoms in total. The largest absolute Gasteiger partial charge is 0.569 e. The summed E-state index contributed by atoms with van der Waals surface area (Å²) in [7, 11) is 0.677. The summed E-state index contributed by atoms with van der Waals surface area (Å²) in [6, 6.07) is 119. The molecule has 0 bridgehead atoms. The zero-order valence-electron chi connectivity index (χ0n) is 57.6. The Labute approximate surface area is 623 Å². The van der Waals surface area contributed by atoms with E-state index in [0.29, 0.717) is 13.4 Å². The molecule has 0 saturated heterocycles. The molecule has 16 aromatic carbocycles. The van der Waals surface area contributed by atoms with Crippen molar-refractivity contribution < 1.29 is 27.3 Å². The second kappa shape index (κ2) is 24.4. The summed E-state index contributed by atoms with van der Waals surface area (Å²) in [6.07, 6.45) is 0. The van der Waals surface area contributed by atoms with Gasteiger partial charge in [-0.05, 0) is 155 Å². The predicted octanol–water partition coefficient (Wildman–Crippen LogP) is 26.4. The van der Waals surface area contributed by atoms with Gasteiger partial charge in [0, 0.05) is 109 Å². The zero-order valence-corrected chi connectivity index (χ0v) is 59.2. The fourth-order valence-corrected chi connectivity index (χ4v) is 17.6. The molecule has 12 heteroatoms. The number of benzene rings is 16. The molecule has 108 heavy (non-hydrogen) atoms. The third kappa shape index (κ3) is 9.30. The third-order valence-corrected chi connectivity index (χ3v) is 22.3. The Morgan fingerprint density at radius 1 is 0.250 bits per heavy atom. The van der Waals surface area contributed by atoms with E-state index in [1.54, 1.807) is 6.07 Å². The van der Waals surface area contributed by atoms with Crippen molar-refractivity contribution in [2.24, 2.45) is 0 Å². The van der Waals surface area contributed by atoms with Crippen molar-refractivity contribution in [3.63, 3.8) is 0 Å². The lowest BCUT2D eigenvalue weighted by Crippen LogP contribution is -1.99. The van der Waals surface area contributed by atoms with Gasteiger partial charge in [-0.2, -0.15) is 0 Å². The molecule has 0 amide bonds. The first-order valence-corrected chi connectivity index (χ1v) is 36.8. The van der Waals surface area contributed by atoms with Crippen LogP contribution in [0, 0.1) is 0 Å². The number of rotatable bonds is 7. The van der Waals surface area contributed by atoms with Crippen LogP contribution >= 0.6 is 15.9 Å². The van der Waals surface area contributed by atoms with Gasteiger partial charge in [0.1, 0.15) is 50.4 Å². The van der Waals surface area contributed by atoms with Gasteiger partial charge in [-0.15, -0.1) is 0 Å². The van der Waals surface area contributed by atoms with Crippen molar-refractivity contribution >= 4 is 199 Å². The molecule has 0 saturated carbocycles. The summed E-state index contributed by atoms with van der Waals surface area (Å²) >= 11 is 3.67. The van der Waals surface area contributed by atoms with E-state index in [1.165, 1.54) is 87.2 Å². The van der Waals surface area contributed by atoms with Crippen LogP contribution in [0.3, 0.4) is 0 Å². The van der Waals surface area contributed by atoms with Gasteiger partial charge in [0.05, 0.1) is 54.0 Å². The van der Waals surface area contributed by atoms with Crippen LogP contribution in [0.15, 0.2) is 362 Å². The van der Waals surface area contributed by atoms with Crippen molar-refractivity contribution in [3.8, 4) is 39.6 Å². The number of para-hydroxylation sites is 10. The monoisotopic (exact) mass is 1450 g/mol. The second-order valence-corrected chi connectivity index (χ2v) is 28.2. The fourth-order valence-electron chi connectivity index (χ4n) is 17.2. The average molecular weight is 1450 g/mol. The van der Waals surface area contributed by atoms with Gasteiger partial charge >= 0.3 is 7.69 Å². The highest BCUT2D eigenvalue weighted by Gasteiger charge is 2.26. The zero-order chi connectivity index (χ0) is 71.2. The molecule has 0 fully saturated rings. The molecule has 8 heterocycles. The predicted molar refractivity (Wildman–Crippen MR) is 448 cm³/mol. The van der Waals surface area contributed by atoms with Crippen LogP contribution in [0.2, 0.25) is 0 Å². The summed E-state index contributed by atoms with van der Waals surface area (Å²) in [5.74, 6) is 0.588. The van der Waals surface area contributed by atoms with E-state index in [2.05, 4.69) is 307 Å². The number of aromatic nitrogens is 4. The fraction of sp³-hybridized carbons (Fsp3) is 0. The molecule has 24 aromatic rings. The molecule has 24 rings (SSSR count). The minimum Gasteiger partial charge on any atom is -0.537 e. The van der Waals surface area contributed by atoms with E-state index >= 15 is 0 Å². The molecule has 0 aliphatic heterocycles. The maximum Gasteiger partial charge on any atom is 0.569 e. The first-order valence-electron chi connectivity index (χ1n) is 36.0. The first-order chi connectivity index (χ1) is 53.5. The minimum atomic E-state index is 0.588. The molecule has 1 N–H and O–H groups in total. The van der Waals surface area contributed by atoms with Gasteiger partial charge in [0.2, 0.25) is 0 Å². The van der Waals surface area contributed by atoms with Crippen molar-refractivity contribution in [1.82, 2.24) is 18.3 Å². The molecule has 0 atom stereocenters. The molecule has 0 spiro atoms. The number of halogens is 1. The van der Waals surface area contributed by atoms with Crippen molar-refractivity contribution in [1.29, 1.82) is 0 Å². The van der Waals surface area contributed by atoms with Gasteiger partial charge in [-0.1, -0.05) is 206 Å². The van der Waals surface area contributed by atoms with Crippen molar-refractivity contribution in [2.45, 2.75) is 0 Å². The Balaban J connectivity index is 0.000000114. The normalized spacial score (nSPS) is 12.0. The molecule has 1 radical (unpaired) electrons. The van der Waals surface area contributed by atoms with Crippen molar-refractivity contribution in [3.05, 3.63) is 344 Å². The van der Waals surface area contributed by atoms with Gasteiger partial charge in [-0.25, -0.2) is 0 Å². The van der Waals surface area contributed by atoms with Gasteiger partial charge in [0.15, 0.2) is 0 Å². The SMILES string of the molecule is Brc1cccc2c1oc1ccc(-n3c4ccccc4c4ccc5c(c6ccccc6n5-c5ccccc5)c43)cc12.O[B]Oc1cccc2oc3ccccc3c12.c1ccc(-n2c3ccccc3c3c2ccc2c4ccccc4n(-c4ccc5oc6c(-c7cccc8oc9ccccc9c78)cccc6c5c4)c23)cc1. The highest BCUT2D eigenvalue weighted by Crippen LogP contribution is 2.48. The Bertz CT molecular complexity index is 7800. The molecular weight excluding hydrogens is 1400 g/mol. The van der Waals surface area contributed by atoms with E-state index in [-0.39, 0.29) is 0 Å². The quantitative estimate of drug-likeness (QED) is 0.160. The van der Waals surface area contributed by atoms with E-state index in [4.69, 9.17) is 27.3 Å². The molecule has 0 aliphatic carbocycles. The second-order valence-electron chi connectivity index (χ2n) is 27.4. The molecular formula is C96H57BBrN4O6. The maximum atomic E-state index is 8.71. The van der Waals surface area contributed by atoms with Gasteiger partial charge < -0.3 is 45.6 Å². The van der Waals surface area contributed by atoms with Crippen LogP contribution in [0.4, 0.5) is 0 Å². The van der Waals surface area contributed by atoms with Crippen LogP contribution in [0.5, 0.6) is 5.75 Å². The number of hydrogen-bond donors (Lipinski definition) is 1. The summed E-state index contributed by atoms with van der Waals surface area (Å²) in [5, 5.41) is 27.1. The van der Waals surface area contributed by atoms with Crippen LogP contribution in [0.1, 0.15) is 0 Å². The summed E-state index contributed by atoms with van der Waals surface area (Å²) in [6.45, 7) is 0. The van der Waals surface area contributed by atoms with Crippen LogP contribution < -0.4 is 4.65 Å². The summed E-state index contributed by atoms with van der Waals surface area (Å²) in [5.41, 5.74) is 23.1. The number of nitrogens with zero attached hydrogens (tertiary/aromatic N) is 4. The van der Waals surface area contributed by atoms with Crippen LogP contribution in [0.25, 0.3) is 209 Å². The van der Waals surface area contributed by atoms with E-state index in [1.807, 2.05) is 60.7 Å². The third-order valence-electron chi connectivity index (χ3n) is 21.6. The summed E-state index contributed by atoms with van der Waals surface area (Å²) in [4.78, 5) is 0. The van der Waals surface area contributed by atoms with Crippen LogP contribution in [-0.2, 0) is 0 Å². The van der Waals surface area contributed by atoms with E-state index < -0.39 is 0 Å². The lowest BCUT2D eigenvalue weighted by Gasteiger charge is -2.10.